The highest BCUT2D eigenvalue weighted by Gasteiger charge is 2.55. The van der Waals surface area contributed by atoms with Crippen LogP contribution in [-0.4, -0.2) is 11.8 Å². The van der Waals surface area contributed by atoms with E-state index in [2.05, 4.69) is 5.32 Å². The summed E-state index contributed by atoms with van der Waals surface area (Å²) >= 11 is 0. The Labute approximate surface area is 120 Å². The van der Waals surface area contributed by atoms with Gasteiger partial charge < -0.3 is 0 Å². The molecule has 0 aromatic carbocycles. The molecule has 0 saturated carbocycles. The second-order valence-corrected chi connectivity index (χ2v) is 5.42. The van der Waals surface area contributed by atoms with Crippen molar-refractivity contribution in [2.75, 3.05) is 0 Å². The van der Waals surface area contributed by atoms with Gasteiger partial charge in [0.25, 0.3) is 0 Å². The number of piperidine rings is 1. The van der Waals surface area contributed by atoms with Gasteiger partial charge in [0.2, 0.25) is 11.8 Å². The number of nitrogens with zero attached hydrogens (tertiary/aromatic N) is 2. The zero-order valence-electron chi connectivity index (χ0n) is 12.1. The molecular weight excluding hydrogens is 254 g/mol. The van der Waals surface area contributed by atoms with Crippen LogP contribution in [0.25, 0.3) is 0 Å². The van der Waals surface area contributed by atoms with Crippen molar-refractivity contribution >= 4 is 11.8 Å². The van der Waals surface area contributed by atoms with Crippen LogP contribution in [0.15, 0.2) is 0 Å². The number of amides is 2. The first-order valence-corrected chi connectivity index (χ1v) is 7.21. The third kappa shape index (κ3) is 2.82. The predicted octanol–water partition coefficient (Wildman–Crippen LogP) is 2.29. The maximum atomic E-state index is 12.0. The van der Waals surface area contributed by atoms with Gasteiger partial charge in [-0.3, -0.25) is 14.9 Å². The number of carbonyl (C=O) groups excluding carboxylic acids is 2. The molecule has 2 atom stereocenters. The molecule has 5 heteroatoms. The van der Waals surface area contributed by atoms with Crippen molar-refractivity contribution in [1.29, 1.82) is 10.5 Å². The lowest BCUT2D eigenvalue weighted by Crippen LogP contribution is -2.57. The van der Waals surface area contributed by atoms with Crippen LogP contribution in [0, 0.1) is 39.9 Å². The molecule has 0 bridgehead atoms. The normalized spacial score (nSPS) is 24.6. The number of imide groups is 1. The van der Waals surface area contributed by atoms with Crippen molar-refractivity contribution in [2.24, 2.45) is 17.3 Å². The van der Waals surface area contributed by atoms with E-state index in [1.165, 1.54) is 0 Å². The molecule has 5 nitrogen and oxygen atoms in total. The first-order chi connectivity index (χ1) is 9.57. The fourth-order valence-electron chi connectivity index (χ4n) is 3.04. The van der Waals surface area contributed by atoms with Gasteiger partial charge in [0.1, 0.15) is 11.8 Å². The largest absolute Gasteiger partial charge is 0.294 e. The number of hydrogen-bond acceptors (Lipinski definition) is 4. The van der Waals surface area contributed by atoms with Crippen LogP contribution in [0.2, 0.25) is 0 Å². The van der Waals surface area contributed by atoms with E-state index in [0.717, 1.165) is 25.7 Å². The Morgan fingerprint density at radius 1 is 1.00 bits per heavy atom. The number of nitrogens with one attached hydrogen (secondary N) is 1. The summed E-state index contributed by atoms with van der Waals surface area (Å²) in [6.07, 6.45) is 4.56. The molecule has 1 rings (SSSR count). The monoisotopic (exact) mass is 275 g/mol. The van der Waals surface area contributed by atoms with Crippen molar-refractivity contribution in [3.8, 4) is 12.1 Å². The Morgan fingerprint density at radius 2 is 1.40 bits per heavy atom. The SMILES string of the molecule is CCCCC1(CCCC)C(C#N)C(=O)NC(=O)C1C#N. The van der Waals surface area contributed by atoms with Crippen LogP contribution in [0.4, 0.5) is 0 Å². The van der Waals surface area contributed by atoms with Gasteiger partial charge in [-0.1, -0.05) is 39.5 Å². The average Bonchev–Trinajstić information content (AvgIpc) is 2.43. The molecule has 1 fully saturated rings. The van der Waals surface area contributed by atoms with E-state index >= 15 is 0 Å². The maximum Gasteiger partial charge on any atom is 0.244 e. The first-order valence-electron chi connectivity index (χ1n) is 7.21. The summed E-state index contributed by atoms with van der Waals surface area (Å²) in [6, 6.07) is 4.06. The minimum absolute atomic E-state index is 0.545. The lowest BCUT2D eigenvalue weighted by molar-refractivity contribution is -0.146. The highest BCUT2D eigenvalue weighted by Crippen LogP contribution is 2.47. The van der Waals surface area contributed by atoms with Crippen molar-refractivity contribution in [1.82, 2.24) is 5.32 Å². The Kier molecular flexibility index (Phi) is 5.70. The molecule has 108 valence electrons. The van der Waals surface area contributed by atoms with E-state index < -0.39 is 29.1 Å². The van der Waals surface area contributed by atoms with Crippen molar-refractivity contribution < 1.29 is 9.59 Å². The molecule has 2 amide bonds. The molecule has 0 radical (unpaired) electrons. The van der Waals surface area contributed by atoms with Gasteiger partial charge in [-0.2, -0.15) is 10.5 Å². The third-order valence-electron chi connectivity index (χ3n) is 4.17. The zero-order chi connectivity index (χ0) is 15.2. The Hall–Kier alpha value is -1.88. The van der Waals surface area contributed by atoms with Gasteiger partial charge in [-0.15, -0.1) is 0 Å². The zero-order valence-corrected chi connectivity index (χ0v) is 12.1. The molecular formula is C15H21N3O2. The quantitative estimate of drug-likeness (QED) is 0.752. The van der Waals surface area contributed by atoms with E-state index in [1.54, 1.807) is 0 Å². The van der Waals surface area contributed by atoms with E-state index in [0.29, 0.717) is 12.8 Å². The van der Waals surface area contributed by atoms with Gasteiger partial charge in [0, 0.05) is 5.41 Å². The van der Waals surface area contributed by atoms with Crippen LogP contribution in [0.5, 0.6) is 0 Å². The van der Waals surface area contributed by atoms with Gasteiger partial charge in [0.15, 0.2) is 0 Å². The molecule has 0 aromatic heterocycles. The van der Waals surface area contributed by atoms with Gasteiger partial charge in [-0.05, 0) is 12.8 Å². The van der Waals surface area contributed by atoms with Gasteiger partial charge in [0.05, 0.1) is 12.1 Å². The van der Waals surface area contributed by atoms with Crippen molar-refractivity contribution in [2.45, 2.75) is 52.4 Å². The highest BCUT2D eigenvalue weighted by molar-refractivity contribution is 6.03. The Balaban J connectivity index is 3.26. The minimum Gasteiger partial charge on any atom is -0.294 e. The van der Waals surface area contributed by atoms with E-state index in [-0.39, 0.29) is 0 Å². The summed E-state index contributed by atoms with van der Waals surface area (Å²) in [4.78, 5) is 24.0. The number of nitriles is 2. The summed E-state index contributed by atoms with van der Waals surface area (Å²) in [5.41, 5.74) is -0.824. The van der Waals surface area contributed by atoms with E-state index in [4.69, 9.17) is 0 Å². The van der Waals surface area contributed by atoms with Crippen LogP contribution in [0.3, 0.4) is 0 Å². The van der Waals surface area contributed by atoms with Crippen molar-refractivity contribution in [3.05, 3.63) is 0 Å². The second-order valence-electron chi connectivity index (χ2n) is 5.42. The molecule has 20 heavy (non-hydrogen) atoms. The second kappa shape index (κ2) is 7.05. The molecule has 1 aliphatic heterocycles. The summed E-state index contributed by atoms with van der Waals surface area (Å²) < 4.78 is 0. The van der Waals surface area contributed by atoms with Crippen LogP contribution in [-0.2, 0) is 9.59 Å². The molecule has 1 aliphatic rings. The first kappa shape index (κ1) is 16.2. The van der Waals surface area contributed by atoms with Crippen molar-refractivity contribution in [3.63, 3.8) is 0 Å². The molecule has 0 aliphatic carbocycles. The molecule has 1 heterocycles. The molecule has 1 saturated heterocycles. The smallest absolute Gasteiger partial charge is 0.244 e. The molecule has 0 spiro atoms. The lowest BCUT2D eigenvalue weighted by Gasteiger charge is -2.43. The topological polar surface area (TPSA) is 93.8 Å². The Morgan fingerprint density at radius 3 is 1.70 bits per heavy atom. The highest BCUT2D eigenvalue weighted by atomic mass is 16.2. The molecule has 2 unspecified atom stereocenters. The summed E-state index contributed by atoms with van der Waals surface area (Å²) in [7, 11) is 0. The van der Waals surface area contributed by atoms with Gasteiger partial charge >= 0.3 is 0 Å². The summed E-state index contributed by atoms with van der Waals surface area (Å²) in [6.45, 7) is 4.03. The molecule has 0 aromatic rings. The number of unbranched alkanes of at least 4 members (excludes halogenated alkanes) is 2. The lowest BCUT2D eigenvalue weighted by atomic mass is 9.59. The predicted molar refractivity (Wildman–Crippen MR) is 72.8 cm³/mol. The van der Waals surface area contributed by atoms with Gasteiger partial charge in [-0.25, -0.2) is 0 Å². The maximum absolute atomic E-state index is 12.0. The van der Waals surface area contributed by atoms with E-state index in [1.807, 2.05) is 26.0 Å². The minimum atomic E-state index is -0.914. The average molecular weight is 275 g/mol. The standard InChI is InChI=1S/C15H21N3O2/c1-3-5-7-15(8-6-4-2)11(9-16)13(19)18-14(20)12(15)10-17/h11-12H,3-8H2,1-2H3,(H,18,19,20). The fraction of sp³-hybridized carbons (Fsp3) is 0.733. The van der Waals surface area contributed by atoms with Crippen LogP contribution in [0.1, 0.15) is 52.4 Å². The summed E-state index contributed by atoms with van der Waals surface area (Å²) in [5.74, 6) is -2.92. The number of carbonyl (C=O) groups is 2. The fourth-order valence-corrected chi connectivity index (χ4v) is 3.04. The third-order valence-corrected chi connectivity index (χ3v) is 4.17. The number of rotatable bonds is 6. The Bertz CT molecular complexity index is 417. The molecule has 1 N–H and O–H groups in total. The summed E-state index contributed by atoms with van der Waals surface area (Å²) in [5, 5.41) is 20.9. The van der Waals surface area contributed by atoms with Crippen LogP contribution >= 0.6 is 0 Å². The number of hydrogen-bond donors (Lipinski definition) is 1. The van der Waals surface area contributed by atoms with E-state index in [9.17, 15) is 20.1 Å². The van der Waals surface area contributed by atoms with Crippen LogP contribution < -0.4 is 5.32 Å².